The zero-order chi connectivity index (χ0) is 14.7. The van der Waals surface area contributed by atoms with E-state index in [1.54, 1.807) is 18.2 Å². The molecule has 0 spiro atoms. The maximum Gasteiger partial charge on any atom is 0.157 e. The van der Waals surface area contributed by atoms with Crippen molar-refractivity contribution in [3.05, 3.63) is 24.4 Å². The molecule has 2 heterocycles. The Bertz CT molecular complexity index is 619. The van der Waals surface area contributed by atoms with Crippen molar-refractivity contribution >= 4 is 16.6 Å². The monoisotopic (exact) mass is 287 g/mol. The minimum Gasteiger partial charge on any atom is -0.508 e. The Morgan fingerprint density at radius 3 is 2.86 bits per heavy atom. The van der Waals surface area contributed by atoms with Crippen molar-refractivity contribution in [3.63, 3.8) is 0 Å². The van der Waals surface area contributed by atoms with Gasteiger partial charge in [0.05, 0.1) is 17.4 Å². The Morgan fingerprint density at radius 1 is 1.24 bits per heavy atom. The van der Waals surface area contributed by atoms with E-state index in [0.717, 1.165) is 42.9 Å². The quantitative estimate of drug-likeness (QED) is 0.695. The number of aromatic nitrogens is 1. The van der Waals surface area contributed by atoms with Crippen LogP contribution in [0, 0.1) is 5.92 Å². The molecule has 1 saturated heterocycles. The summed E-state index contributed by atoms with van der Waals surface area (Å²) in [5.74, 6) is 1.04. The van der Waals surface area contributed by atoms with Crippen molar-refractivity contribution in [3.8, 4) is 11.5 Å². The van der Waals surface area contributed by atoms with Gasteiger partial charge >= 0.3 is 0 Å². The van der Waals surface area contributed by atoms with Crippen LogP contribution in [-0.4, -0.2) is 34.8 Å². The van der Waals surface area contributed by atoms with Gasteiger partial charge in [0.1, 0.15) is 5.75 Å². The highest BCUT2D eigenvalue weighted by Crippen LogP contribution is 2.33. The first kappa shape index (κ1) is 13.9. The summed E-state index contributed by atoms with van der Waals surface area (Å²) in [6.45, 7) is 3.01. The zero-order valence-electron chi connectivity index (χ0n) is 12.0. The van der Waals surface area contributed by atoms with Gasteiger partial charge in [0.15, 0.2) is 5.75 Å². The maximum atomic E-state index is 10.0. The molecule has 1 aromatic carbocycles. The number of nitrogens with one attached hydrogen (secondary N) is 2. The molecule has 5 heteroatoms. The molecular weight excluding hydrogens is 266 g/mol. The van der Waals surface area contributed by atoms with Gasteiger partial charge in [-0.3, -0.25) is 4.98 Å². The number of pyridine rings is 1. The summed E-state index contributed by atoms with van der Waals surface area (Å²) in [4.78, 5) is 4.17. The Balaban J connectivity index is 1.73. The van der Waals surface area contributed by atoms with E-state index in [-0.39, 0.29) is 11.5 Å². The average Bonchev–Trinajstić information content (AvgIpc) is 2.50. The van der Waals surface area contributed by atoms with E-state index in [1.807, 2.05) is 0 Å². The molecule has 0 atom stereocenters. The van der Waals surface area contributed by atoms with Crippen molar-refractivity contribution in [2.45, 2.75) is 19.3 Å². The van der Waals surface area contributed by atoms with E-state index in [0.29, 0.717) is 5.69 Å². The molecule has 3 rings (SSSR count). The standard InChI is InChI=1S/C16H21N3O2/c20-12-1-2-14-13(9-12)16(15(21)10-19-14)18-8-5-11-3-6-17-7-4-11/h1-2,9-11,17,20-21H,3-8H2,(H,18,19). The molecule has 5 nitrogen and oxygen atoms in total. The minimum absolute atomic E-state index is 0.124. The van der Waals surface area contributed by atoms with Gasteiger partial charge in [-0.05, 0) is 56.5 Å². The molecule has 4 N–H and O–H groups in total. The normalized spacial score (nSPS) is 16.2. The van der Waals surface area contributed by atoms with Gasteiger partial charge in [-0.15, -0.1) is 0 Å². The number of phenolic OH excluding ortho intramolecular Hbond substituents is 1. The van der Waals surface area contributed by atoms with Crippen LogP contribution in [0.4, 0.5) is 5.69 Å². The van der Waals surface area contributed by atoms with E-state index >= 15 is 0 Å². The summed E-state index contributed by atoms with van der Waals surface area (Å²) in [5.41, 5.74) is 1.42. The largest absolute Gasteiger partial charge is 0.508 e. The van der Waals surface area contributed by atoms with Crippen molar-refractivity contribution in [1.29, 1.82) is 0 Å². The third-order valence-corrected chi connectivity index (χ3v) is 4.14. The molecule has 21 heavy (non-hydrogen) atoms. The number of anilines is 1. The lowest BCUT2D eigenvalue weighted by Gasteiger charge is -2.23. The van der Waals surface area contributed by atoms with Gasteiger partial charge in [-0.25, -0.2) is 0 Å². The summed E-state index contributed by atoms with van der Waals surface area (Å²) in [7, 11) is 0. The van der Waals surface area contributed by atoms with Gasteiger partial charge in [0, 0.05) is 11.9 Å². The molecule has 0 amide bonds. The molecule has 0 unspecified atom stereocenters. The van der Waals surface area contributed by atoms with Crippen molar-refractivity contribution < 1.29 is 10.2 Å². The fraction of sp³-hybridized carbons (Fsp3) is 0.438. The molecular formula is C16H21N3O2. The smallest absolute Gasteiger partial charge is 0.157 e. The maximum absolute atomic E-state index is 10.0. The summed E-state index contributed by atoms with van der Waals surface area (Å²) in [5, 5.41) is 27.1. The van der Waals surface area contributed by atoms with Gasteiger partial charge in [-0.1, -0.05) is 0 Å². The summed E-state index contributed by atoms with van der Waals surface area (Å²) >= 11 is 0. The number of hydrogen-bond acceptors (Lipinski definition) is 5. The van der Waals surface area contributed by atoms with E-state index < -0.39 is 0 Å². The Morgan fingerprint density at radius 2 is 2.05 bits per heavy atom. The number of benzene rings is 1. The molecule has 1 aromatic heterocycles. The highest BCUT2D eigenvalue weighted by molar-refractivity contribution is 5.94. The lowest BCUT2D eigenvalue weighted by Crippen LogP contribution is -2.28. The van der Waals surface area contributed by atoms with Crippen LogP contribution in [0.5, 0.6) is 11.5 Å². The lowest BCUT2D eigenvalue weighted by atomic mass is 9.95. The number of fused-ring (bicyclic) bond motifs is 1. The predicted molar refractivity (Wildman–Crippen MR) is 83.8 cm³/mol. The first-order valence-corrected chi connectivity index (χ1v) is 7.49. The van der Waals surface area contributed by atoms with Crippen LogP contribution in [0.1, 0.15) is 19.3 Å². The van der Waals surface area contributed by atoms with Gasteiger partial charge in [-0.2, -0.15) is 0 Å². The summed E-state index contributed by atoms with van der Waals surface area (Å²) < 4.78 is 0. The summed E-state index contributed by atoms with van der Waals surface area (Å²) in [6.07, 6.45) is 4.97. The number of nitrogens with zero attached hydrogens (tertiary/aromatic N) is 1. The van der Waals surface area contributed by atoms with Crippen LogP contribution in [0.15, 0.2) is 24.4 Å². The second-order valence-corrected chi connectivity index (χ2v) is 5.63. The molecule has 112 valence electrons. The SMILES string of the molecule is Oc1ccc2ncc(O)c(NCCC3CCNCC3)c2c1. The Hall–Kier alpha value is -2.01. The van der Waals surface area contributed by atoms with E-state index in [1.165, 1.54) is 19.0 Å². The molecule has 0 saturated carbocycles. The third-order valence-electron chi connectivity index (χ3n) is 4.14. The van der Waals surface area contributed by atoms with Crippen LogP contribution >= 0.6 is 0 Å². The minimum atomic E-state index is 0.124. The van der Waals surface area contributed by atoms with Gasteiger partial charge in [0.2, 0.25) is 0 Å². The van der Waals surface area contributed by atoms with Crippen molar-refractivity contribution in [1.82, 2.24) is 10.3 Å². The van der Waals surface area contributed by atoms with Crippen LogP contribution in [0.25, 0.3) is 10.9 Å². The molecule has 2 aromatic rings. The number of phenols is 1. The van der Waals surface area contributed by atoms with Crippen molar-refractivity contribution in [2.75, 3.05) is 25.0 Å². The van der Waals surface area contributed by atoms with Crippen LogP contribution in [0.3, 0.4) is 0 Å². The van der Waals surface area contributed by atoms with Crippen LogP contribution in [0.2, 0.25) is 0 Å². The molecule has 1 aliphatic heterocycles. The van der Waals surface area contributed by atoms with Gasteiger partial charge in [0.25, 0.3) is 0 Å². The highest BCUT2D eigenvalue weighted by atomic mass is 16.3. The van der Waals surface area contributed by atoms with Gasteiger partial charge < -0.3 is 20.8 Å². The third kappa shape index (κ3) is 3.19. The number of hydrogen-bond donors (Lipinski definition) is 4. The molecule has 1 aliphatic rings. The van der Waals surface area contributed by atoms with E-state index in [9.17, 15) is 10.2 Å². The Kier molecular flexibility index (Phi) is 4.10. The van der Waals surface area contributed by atoms with Crippen LogP contribution < -0.4 is 10.6 Å². The number of piperidine rings is 1. The van der Waals surface area contributed by atoms with E-state index in [4.69, 9.17) is 0 Å². The van der Waals surface area contributed by atoms with Crippen molar-refractivity contribution in [2.24, 2.45) is 5.92 Å². The fourth-order valence-corrected chi connectivity index (χ4v) is 2.93. The second kappa shape index (κ2) is 6.18. The second-order valence-electron chi connectivity index (χ2n) is 5.63. The molecule has 0 bridgehead atoms. The molecule has 1 fully saturated rings. The number of aromatic hydroxyl groups is 2. The first-order chi connectivity index (χ1) is 10.2. The fourth-order valence-electron chi connectivity index (χ4n) is 2.93. The molecule has 0 aliphatic carbocycles. The zero-order valence-corrected chi connectivity index (χ0v) is 12.0. The number of rotatable bonds is 4. The highest BCUT2D eigenvalue weighted by Gasteiger charge is 2.13. The first-order valence-electron chi connectivity index (χ1n) is 7.49. The Labute approximate surface area is 124 Å². The van der Waals surface area contributed by atoms with E-state index in [2.05, 4.69) is 15.6 Å². The summed E-state index contributed by atoms with van der Waals surface area (Å²) in [6, 6.07) is 4.99. The predicted octanol–water partition coefficient (Wildman–Crippen LogP) is 2.45. The topological polar surface area (TPSA) is 77.4 Å². The lowest BCUT2D eigenvalue weighted by molar-refractivity contribution is 0.361. The average molecular weight is 287 g/mol. The molecule has 0 radical (unpaired) electrons. The van der Waals surface area contributed by atoms with Crippen LogP contribution in [-0.2, 0) is 0 Å².